The molecule has 6 heteroatoms. The van der Waals surface area contributed by atoms with Gasteiger partial charge in [-0.3, -0.25) is 4.79 Å². The Balaban J connectivity index is 2.00. The lowest BCUT2D eigenvalue weighted by Gasteiger charge is -2.11. The highest BCUT2D eigenvalue weighted by atomic mass is 16.5. The van der Waals surface area contributed by atoms with Crippen molar-refractivity contribution in [2.75, 3.05) is 0 Å². The quantitative estimate of drug-likeness (QED) is 0.611. The van der Waals surface area contributed by atoms with Crippen LogP contribution >= 0.6 is 0 Å². The molecule has 132 valence electrons. The fourth-order valence-electron chi connectivity index (χ4n) is 3.19. The minimum Gasteiger partial charge on any atom is -0.508 e. The number of hydrogen-bond acceptors (Lipinski definition) is 6. The van der Waals surface area contributed by atoms with Crippen molar-refractivity contribution >= 4 is 11.0 Å². The smallest absolute Gasteiger partial charge is 0.204 e. The summed E-state index contributed by atoms with van der Waals surface area (Å²) >= 11 is 0. The van der Waals surface area contributed by atoms with E-state index in [2.05, 4.69) is 6.58 Å². The molecule has 0 saturated heterocycles. The highest BCUT2D eigenvalue weighted by Gasteiger charge is 2.31. The van der Waals surface area contributed by atoms with Gasteiger partial charge < -0.3 is 24.5 Å². The summed E-state index contributed by atoms with van der Waals surface area (Å²) in [6, 6.07) is 5.34. The molecule has 1 atom stereocenters. The lowest BCUT2D eigenvalue weighted by molar-refractivity contribution is 0.273. The molecule has 0 spiro atoms. The Bertz CT molecular complexity index is 1130. The Kier molecular flexibility index (Phi) is 3.44. The number of fused-ring (bicyclic) bond motifs is 3. The van der Waals surface area contributed by atoms with Crippen LogP contribution in [0.4, 0.5) is 0 Å². The van der Waals surface area contributed by atoms with Gasteiger partial charge in [-0.05, 0) is 24.6 Å². The average molecular weight is 352 g/mol. The maximum Gasteiger partial charge on any atom is 0.204 e. The molecular weight excluding hydrogens is 336 g/mol. The number of phenols is 3. The molecular formula is C20H16O6. The molecule has 6 nitrogen and oxygen atoms in total. The van der Waals surface area contributed by atoms with Gasteiger partial charge in [0.15, 0.2) is 0 Å². The maximum absolute atomic E-state index is 13.1. The molecule has 0 amide bonds. The van der Waals surface area contributed by atoms with Crippen molar-refractivity contribution in [3.05, 3.63) is 58.5 Å². The first kappa shape index (κ1) is 16.1. The molecule has 0 unspecified atom stereocenters. The van der Waals surface area contributed by atoms with Gasteiger partial charge >= 0.3 is 0 Å². The van der Waals surface area contributed by atoms with E-state index < -0.39 is 5.43 Å². The van der Waals surface area contributed by atoms with E-state index in [1.54, 1.807) is 0 Å². The van der Waals surface area contributed by atoms with Crippen molar-refractivity contribution in [2.45, 2.75) is 19.4 Å². The second-order valence-corrected chi connectivity index (χ2v) is 6.41. The summed E-state index contributed by atoms with van der Waals surface area (Å²) in [5.41, 5.74) is 1.47. The first-order valence-electron chi connectivity index (χ1n) is 8.01. The van der Waals surface area contributed by atoms with Gasteiger partial charge in [0.25, 0.3) is 0 Å². The number of ether oxygens (including phenoxy) is 1. The van der Waals surface area contributed by atoms with Gasteiger partial charge in [-0.2, -0.15) is 0 Å². The highest BCUT2D eigenvalue weighted by molar-refractivity contribution is 5.91. The standard InChI is InChI=1S/C20H16O6/c1-9(2)16-6-12-15(23)7-17-18(20(12)26-16)19(24)13(8-25-17)11-4-3-10(21)5-14(11)22/h3-5,7-8,16,21-23H,1,6H2,2H3/t16-/m0/s1. The third-order valence-corrected chi connectivity index (χ3v) is 4.57. The predicted molar refractivity (Wildman–Crippen MR) is 95.8 cm³/mol. The predicted octanol–water partition coefficient (Wildman–Crippen LogP) is 3.46. The SMILES string of the molecule is C=C(C)[C@@H]1Cc2c(O)cc3occ(-c4ccc(O)cc4O)c(=O)c3c2O1. The monoisotopic (exact) mass is 352 g/mol. The van der Waals surface area contributed by atoms with Gasteiger partial charge in [-0.1, -0.05) is 6.58 Å². The van der Waals surface area contributed by atoms with Crippen LogP contribution in [0.15, 0.2) is 51.9 Å². The molecule has 3 aromatic rings. The topological polar surface area (TPSA) is 100 Å². The molecule has 1 aromatic heterocycles. The number of hydrogen-bond donors (Lipinski definition) is 3. The van der Waals surface area contributed by atoms with Crippen LogP contribution in [-0.2, 0) is 6.42 Å². The normalized spacial score (nSPS) is 15.7. The van der Waals surface area contributed by atoms with E-state index in [0.717, 1.165) is 11.6 Å². The molecule has 0 saturated carbocycles. The first-order valence-corrected chi connectivity index (χ1v) is 8.01. The largest absolute Gasteiger partial charge is 0.508 e. The Morgan fingerprint density at radius 2 is 1.92 bits per heavy atom. The van der Waals surface area contributed by atoms with Crippen molar-refractivity contribution in [3.63, 3.8) is 0 Å². The van der Waals surface area contributed by atoms with Gasteiger partial charge in [-0.15, -0.1) is 0 Å². The Morgan fingerprint density at radius 1 is 1.15 bits per heavy atom. The van der Waals surface area contributed by atoms with Crippen molar-refractivity contribution in [3.8, 4) is 34.1 Å². The summed E-state index contributed by atoms with van der Waals surface area (Å²) in [4.78, 5) is 13.1. The van der Waals surface area contributed by atoms with Gasteiger partial charge in [0, 0.05) is 29.7 Å². The van der Waals surface area contributed by atoms with Crippen LogP contribution in [0.5, 0.6) is 23.0 Å². The van der Waals surface area contributed by atoms with Gasteiger partial charge in [0.05, 0.1) is 5.56 Å². The molecule has 4 rings (SSSR count). The molecule has 2 aromatic carbocycles. The minimum atomic E-state index is -0.397. The first-order chi connectivity index (χ1) is 12.4. The summed E-state index contributed by atoms with van der Waals surface area (Å²) in [7, 11) is 0. The van der Waals surface area contributed by atoms with Crippen LogP contribution in [0, 0.1) is 0 Å². The average Bonchev–Trinajstić information content (AvgIpc) is 3.02. The van der Waals surface area contributed by atoms with E-state index in [-0.39, 0.29) is 51.2 Å². The molecule has 3 N–H and O–H groups in total. The van der Waals surface area contributed by atoms with Crippen LogP contribution in [0.2, 0.25) is 0 Å². The van der Waals surface area contributed by atoms with Gasteiger partial charge in [0.1, 0.15) is 46.3 Å². The summed E-state index contributed by atoms with van der Waals surface area (Å²) in [6.45, 7) is 5.69. The van der Waals surface area contributed by atoms with Crippen LogP contribution in [0.1, 0.15) is 12.5 Å². The van der Waals surface area contributed by atoms with Crippen molar-refractivity contribution in [1.29, 1.82) is 0 Å². The van der Waals surface area contributed by atoms with E-state index in [9.17, 15) is 20.1 Å². The van der Waals surface area contributed by atoms with Crippen LogP contribution < -0.4 is 10.2 Å². The molecule has 0 aliphatic carbocycles. The lowest BCUT2D eigenvalue weighted by atomic mass is 10.0. The fourth-order valence-corrected chi connectivity index (χ4v) is 3.19. The van der Waals surface area contributed by atoms with Gasteiger partial charge in [0.2, 0.25) is 5.43 Å². The van der Waals surface area contributed by atoms with Crippen molar-refractivity contribution < 1.29 is 24.5 Å². The van der Waals surface area contributed by atoms with Crippen LogP contribution in [-0.4, -0.2) is 21.4 Å². The van der Waals surface area contributed by atoms with Crippen molar-refractivity contribution in [2.24, 2.45) is 0 Å². The third-order valence-electron chi connectivity index (χ3n) is 4.57. The number of benzene rings is 2. The zero-order valence-corrected chi connectivity index (χ0v) is 13.9. The van der Waals surface area contributed by atoms with E-state index in [4.69, 9.17) is 9.15 Å². The second kappa shape index (κ2) is 5.56. The summed E-state index contributed by atoms with van der Waals surface area (Å²) in [5.74, 6) is -0.0795. The second-order valence-electron chi connectivity index (χ2n) is 6.41. The van der Waals surface area contributed by atoms with Crippen molar-refractivity contribution in [1.82, 2.24) is 0 Å². The van der Waals surface area contributed by atoms with Crippen LogP contribution in [0.25, 0.3) is 22.1 Å². The fraction of sp³-hybridized carbons (Fsp3) is 0.150. The zero-order chi connectivity index (χ0) is 18.6. The zero-order valence-electron chi connectivity index (χ0n) is 13.9. The Labute approximate surface area is 148 Å². The number of rotatable bonds is 2. The number of phenolic OH excluding ortho intramolecular Hbond substituents is 3. The van der Waals surface area contributed by atoms with Gasteiger partial charge in [-0.25, -0.2) is 0 Å². The molecule has 26 heavy (non-hydrogen) atoms. The lowest BCUT2D eigenvalue weighted by Crippen LogP contribution is -2.14. The molecule has 0 bridgehead atoms. The highest BCUT2D eigenvalue weighted by Crippen LogP contribution is 2.43. The molecule has 1 aliphatic rings. The number of aromatic hydroxyl groups is 3. The van der Waals surface area contributed by atoms with E-state index >= 15 is 0 Å². The summed E-state index contributed by atoms with van der Waals surface area (Å²) in [6.07, 6.45) is 1.31. The summed E-state index contributed by atoms with van der Waals surface area (Å²) in [5, 5.41) is 30.0. The molecule has 1 aliphatic heterocycles. The minimum absolute atomic E-state index is 0.000342. The van der Waals surface area contributed by atoms with Crippen LogP contribution in [0.3, 0.4) is 0 Å². The maximum atomic E-state index is 13.1. The van der Waals surface area contributed by atoms with E-state index in [0.29, 0.717) is 12.0 Å². The molecule has 2 heterocycles. The Morgan fingerprint density at radius 3 is 2.62 bits per heavy atom. The third kappa shape index (κ3) is 2.30. The van der Waals surface area contributed by atoms with E-state index in [1.807, 2.05) is 6.92 Å². The Hall–Kier alpha value is -3.41. The molecule has 0 radical (unpaired) electrons. The molecule has 0 fully saturated rings. The summed E-state index contributed by atoms with van der Waals surface area (Å²) < 4.78 is 11.4. The van der Waals surface area contributed by atoms with E-state index in [1.165, 1.54) is 24.5 Å².